The highest BCUT2D eigenvalue weighted by atomic mass is 16.5. The van der Waals surface area contributed by atoms with Crippen molar-refractivity contribution in [2.24, 2.45) is 0 Å². The van der Waals surface area contributed by atoms with Crippen molar-refractivity contribution in [2.45, 2.75) is 32.8 Å². The lowest BCUT2D eigenvalue weighted by molar-refractivity contribution is 0.129. The fourth-order valence-corrected chi connectivity index (χ4v) is 1.48. The van der Waals surface area contributed by atoms with Gasteiger partial charge in [-0.25, -0.2) is 0 Å². The molecule has 0 aliphatic rings. The van der Waals surface area contributed by atoms with E-state index in [1.165, 1.54) is 5.56 Å². The first-order valence-electron chi connectivity index (χ1n) is 5.80. The third-order valence-electron chi connectivity index (χ3n) is 2.22. The third kappa shape index (κ3) is 4.67. The number of nitrogens with zero attached hydrogens (tertiary/aromatic N) is 1. The van der Waals surface area contributed by atoms with Gasteiger partial charge in [0.2, 0.25) is 0 Å². The van der Waals surface area contributed by atoms with Gasteiger partial charge in [-0.05, 0) is 52.9 Å². The molecule has 0 fully saturated rings. The predicted octanol–water partition coefficient (Wildman–Crippen LogP) is 2.97. The Bertz CT molecular complexity index is 326. The van der Waals surface area contributed by atoms with Crippen LogP contribution in [0.5, 0.6) is 5.75 Å². The van der Waals surface area contributed by atoms with E-state index in [0.717, 1.165) is 18.7 Å². The molecule has 0 N–H and O–H groups in total. The number of rotatable bonds is 4. The topological polar surface area (TPSA) is 12.5 Å². The van der Waals surface area contributed by atoms with Crippen LogP contribution in [-0.4, -0.2) is 31.1 Å². The van der Waals surface area contributed by atoms with Gasteiger partial charge >= 0.3 is 0 Å². The Balaban J connectivity index is 2.75. The lowest BCUT2D eigenvalue weighted by Gasteiger charge is -2.23. The Morgan fingerprint density at radius 2 is 1.75 bits per heavy atom. The second-order valence-electron chi connectivity index (χ2n) is 5.38. The fraction of sp³-hybridized carbons (Fsp3) is 0.571. The number of ether oxygens (including phenoxy) is 1. The molecule has 1 aromatic carbocycles. The monoisotopic (exact) mass is 221 g/mol. The molecule has 0 unspecified atom stereocenters. The summed E-state index contributed by atoms with van der Waals surface area (Å²) in [6.45, 7) is 7.28. The van der Waals surface area contributed by atoms with Crippen molar-refractivity contribution >= 4 is 0 Å². The lowest BCUT2D eigenvalue weighted by atomic mass is 10.1. The van der Waals surface area contributed by atoms with E-state index >= 15 is 0 Å². The summed E-state index contributed by atoms with van der Waals surface area (Å²) >= 11 is 0. The van der Waals surface area contributed by atoms with E-state index in [9.17, 15) is 0 Å². The quantitative estimate of drug-likeness (QED) is 0.775. The van der Waals surface area contributed by atoms with Crippen molar-refractivity contribution in [1.82, 2.24) is 4.90 Å². The molecule has 90 valence electrons. The molecular formula is C14H23NO. The van der Waals surface area contributed by atoms with Crippen LogP contribution in [0.4, 0.5) is 0 Å². The maximum atomic E-state index is 5.95. The number of benzene rings is 1. The minimum absolute atomic E-state index is 0.131. The van der Waals surface area contributed by atoms with E-state index in [2.05, 4.69) is 58.0 Å². The van der Waals surface area contributed by atoms with E-state index in [1.54, 1.807) is 0 Å². The summed E-state index contributed by atoms with van der Waals surface area (Å²) in [5.41, 5.74) is 1.15. The molecule has 0 saturated carbocycles. The van der Waals surface area contributed by atoms with Crippen LogP contribution in [0.1, 0.15) is 26.3 Å². The Kier molecular flexibility index (Phi) is 4.36. The van der Waals surface area contributed by atoms with Crippen LogP contribution in [0.2, 0.25) is 0 Å². The summed E-state index contributed by atoms with van der Waals surface area (Å²) in [6.07, 6.45) is 1.03. The number of hydrogen-bond acceptors (Lipinski definition) is 2. The van der Waals surface area contributed by atoms with Crippen molar-refractivity contribution < 1.29 is 4.74 Å². The van der Waals surface area contributed by atoms with Gasteiger partial charge < -0.3 is 9.64 Å². The van der Waals surface area contributed by atoms with Crippen molar-refractivity contribution in [2.75, 3.05) is 20.6 Å². The molecule has 1 aromatic rings. The van der Waals surface area contributed by atoms with Crippen LogP contribution in [-0.2, 0) is 6.42 Å². The van der Waals surface area contributed by atoms with Crippen LogP contribution in [0.3, 0.4) is 0 Å². The molecule has 0 amide bonds. The van der Waals surface area contributed by atoms with E-state index in [4.69, 9.17) is 4.74 Å². The molecule has 1 rings (SSSR count). The number of hydrogen-bond donors (Lipinski definition) is 0. The van der Waals surface area contributed by atoms with Gasteiger partial charge in [0.1, 0.15) is 11.4 Å². The molecule has 16 heavy (non-hydrogen) atoms. The average Bonchev–Trinajstić information content (AvgIpc) is 2.14. The first-order valence-corrected chi connectivity index (χ1v) is 5.80. The average molecular weight is 221 g/mol. The highest BCUT2D eigenvalue weighted by Gasteiger charge is 2.13. The van der Waals surface area contributed by atoms with Crippen molar-refractivity contribution in [3.63, 3.8) is 0 Å². The Morgan fingerprint density at radius 1 is 1.12 bits per heavy atom. The predicted molar refractivity (Wildman–Crippen MR) is 69.1 cm³/mol. The maximum Gasteiger partial charge on any atom is 0.123 e. The summed E-state index contributed by atoms with van der Waals surface area (Å²) in [6, 6.07) is 8.29. The Labute approximate surface area is 99.2 Å². The standard InChI is InChI=1S/C14H23NO/c1-14(2,3)16-13-9-7-6-8-12(13)10-11-15(4)5/h6-9H,10-11H2,1-5H3. The third-order valence-corrected chi connectivity index (χ3v) is 2.22. The highest BCUT2D eigenvalue weighted by Crippen LogP contribution is 2.23. The van der Waals surface area contributed by atoms with Gasteiger partial charge in [0.15, 0.2) is 0 Å². The van der Waals surface area contributed by atoms with E-state index < -0.39 is 0 Å². The van der Waals surface area contributed by atoms with Gasteiger partial charge in [-0.15, -0.1) is 0 Å². The highest BCUT2D eigenvalue weighted by molar-refractivity contribution is 5.34. The SMILES string of the molecule is CN(C)CCc1ccccc1OC(C)(C)C. The molecule has 2 heteroatoms. The Hall–Kier alpha value is -1.02. The molecule has 0 saturated heterocycles. The minimum atomic E-state index is -0.131. The van der Waals surface area contributed by atoms with Crippen LogP contribution in [0.15, 0.2) is 24.3 Å². The summed E-state index contributed by atoms with van der Waals surface area (Å²) in [7, 11) is 4.18. The van der Waals surface area contributed by atoms with Gasteiger partial charge in [-0.2, -0.15) is 0 Å². The molecule has 0 spiro atoms. The summed E-state index contributed by atoms with van der Waals surface area (Å²) in [5.74, 6) is 1.01. The summed E-state index contributed by atoms with van der Waals surface area (Å²) in [5, 5.41) is 0. The van der Waals surface area contributed by atoms with Crippen LogP contribution >= 0.6 is 0 Å². The number of likely N-dealkylation sites (N-methyl/N-ethyl adjacent to an activating group) is 1. The van der Waals surface area contributed by atoms with Crippen molar-refractivity contribution in [3.05, 3.63) is 29.8 Å². The molecule has 0 aliphatic heterocycles. The van der Waals surface area contributed by atoms with Gasteiger partial charge in [-0.3, -0.25) is 0 Å². The Morgan fingerprint density at radius 3 is 2.31 bits per heavy atom. The maximum absolute atomic E-state index is 5.95. The molecule has 0 aromatic heterocycles. The molecule has 0 aliphatic carbocycles. The molecule has 0 radical (unpaired) electrons. The first kappa shape index (κ1) is 13.0. The van der Waals surface area contributed by atoms with Crippen LogP contribution in [0, 0.1) is 0 Å². The van der Waals surface area contributed by atoms with E-state index in [0.29, 0.717) is 0 Å². The van der Waals surface area contributed by atoms with Gasteiger partial charge in [0, 0.05) is 6.54 Å². The normalized spacial score (nSPS) is 11.9. The van der Waals surface area contributed by atoms with Gasteiger partial charge in [0.05, 0.1) is 0 Å². The molecule has 0 bridgehead atoms. The zero-order valence-electron chi connectivity index (χ0n) is 11.1. The van der Waals surface area contributed by atoms with Crippen molar-refractivity contribution in [1.29, 1.82) is 0 Å². The van der Waals surface area contributed by atoms with Gasteiger partial charge in [-0.1, -0.05) is 18.2 Å². The van der Waals surface area contributed by atoms with Gasteiger partial charge in [0.25, 0.3) is 0 Å². The summed E-state index contributed by atoms with van der Waals surface area (Å²) in [4.78, 5) is 2.19. The molecule has 2 nitrogen and oxygen atoms in total. The zero-order valence-corrected chi connectivity index (χ0v) is 11.1. The van der Waals surface area contributed by atoms with Crippen LogP contribution < -0.4 is 4.74 Å². The second kappa shape index (κ2) is 5.35. The number of para-hydroxylation sites is 1. The smallest absolute Gasteiger partial charge is 0.123 e. The second-order valence-corrected chi connectivity index (χ2v) is 5.38. The van der Waals surface area contributed by atoms with Crippen LogP contribution in [0.25, 0.3) is 0 Å². The zero-order chi connectivity index (χ0) is 12.2. The molecular weight excluding hydrogens is 198 g/mol. The van der Waals surface area contributed by atoms with E-state index in [-0.39, 0.29) is 5.60 Å². The molecule has 0 heterocycles. The molecule has 0 atom stereocenters. The first-order chi connectivity index (χ1) is 7.38. The largest absolute Gasteiger partial charge is 0.488 e. The van der Waals surface area contributed by atoms with Crippen molar-refractivity contribution in [3.8, 4) is 5.75 Å². The van der Waals surface area contributed by atoms with E-state index in [1.807, 2.05) is 6.07 Å². The summed E-state index contributed by atoms with van der Waals surface area (Å²) < 4.78 is 5.95. The minimum Gasteiger partial charge on any atom is -0.488 e. The lowest BCUT2D eigenvalue weighted by Crippen LogP contribution is -2.24. The fourth-order valence-electron chi connectivity index (χ4n) is 1.48.